The van der Waals surface area contributed by atoms with Crippen molar-refractivity contribution >= 4 is 34.6 Å². The van der Waals surface area contributed by atoms with Gasteiger partial charge in [0.25, 0.3) is 5.56 Å². The van der Waals surface area contributed by atoms with E-state index in [1.54, 1.807) is 36.6 Å². The zero-order valence-corrected chi connectivity index (χ0v) is 17.0. The van der Waals surface area contributed by atoms with Gasteiger partial charge in [-0.2, -0.15) is 0 Å². The first-order valence-electron chi connectivity index (χ1n) is 9.28. The van der Waals surface area contributed by atoms with E-state index in [1.807, 2.05) is 36.4 Å². The molecule has 150 valence electrons. The summed E-state index contributed by atoms with van der Waals surface area (Å²) in [6, 6.07) is 16.2. The van der Waals surface area contributed by atoms with Gasteiger partial charge in [-0.1, -0.05) is 54.2 Å². The van der Waals surface area contributed by atoms with Gasteiger partial charge in [0, 0.05) is 6.54 Å². The van der Waals surface area contributed by atoms with Crippen molar-refractivity contribution in [2.75, 3.05) is 6.54 Å². The molecule has 0 spiro atoms. The predicted molar refractivity (Wildman–Crippen MR) is 114 cm³/mol. The molecule has 0 aliphatic rings. The summed E-state index contributed by atoms with van der Waals surface area (Å²) in [6.07, 6.45) is 0. The average Bonchev–Trinajstić information content (AvgIpc) is 2.71. The van der Waals surface area contributed by atoms with E-state index in [1.165, 1.54) is 0 Å². The average molecular weight is 410 g/mol. The maximum absolute atomic E-state index is 13.1. The van der Waals surface area contributed by atoms with E-state index < -0.39 is 17.2 Å². The van der Waals surface area contributed by atoms with Crippen LogP contribution in [-0.4, -0.2) is 33.3 Å². The number of aromatic nitrogens is 2. The molecule has 1 heterocycles. The Hall–Kier alpha value is -3.13. The lowest BCUT2D eigenvalue weighted by Gasteiger charge is -2.16. The van der Waals surface area contributed by atoms with Gasteiger partial charge in [0.1, 0.15) is 0 Å². The summed E-state index contributed by atoms with van der Waals surface area (Å²) < 4.78 is 1.57. The summed E-state index contributed by atoms with van der Waals surface area (Å²) in [7, 11) is 0. The highest BCUT2D eigenvalue weighted by Gasteiger charge is 2.21. The number of hydrogen-bond donors (Lipinski definition) is 2. The second-order valence-electron chi connectivity index (χ2n) is 6.40. The van der Waals surface area contributed by atoms with Crippen molar-refractivity contribution in [3.05, 3.63) is 70.5 Å². The summed E-state index contributed by atoms with van der Waals surface area (Å²) in [5.41, 5.74) is 1.35. The standard InChI is InChI=1S/C21H22N4O3S/c1-3-22-20(28)24-18(26)14(2)29-21-23-17-12-8-7-11-16(17)19(27)25(21)13-15-9-5-4-6-10-15/h4-12,14H,3,13H2,1-2H3,(H2,22,24,26,28). The number of fused-ring (bicyclic) bond motifs is 1. The molecule has 0 fully saturated rings. The molecule has 0 aliphatic heterocycles. The number of amides is 3. The lowest BCUT2D eigenvalue weighted by molar-refractivity contribution is -0.119. The molecule has 3 rings (SSSR count). The van der Waals surface area contributed by atoms with Crippen LogP contribution in [0.25, 0.3) is 10.9 Å². The van der Waals surface area contributed by atoms with Gasteiger partial charge in [-0.25, -0.2) is 9.78 Å². The molecule has 29 heavy (non-hydrogen) atoms. The Kier molecular flexibility index (Phi) is 6.66. The van der Waals surface area contributed by atoms with Gasteiger partial charge < -0.3 is 5.32 Å². The molecule has 3 amide bonds. The van der Waals surface area contributed by atoms with E-state index in [-0.39, 0.29) is 5.56 Å². The number of thioether (sulfide) groups is 1. The van der Waals surface area contributed by atoms with Gasteiger partial charge in [-0.15, -0.1) is 0 Å². The van der Waals surface area contributed by atoms with E-state index in [9.17, 15) is 14.4 Å². The summed E-state index contributed by atoms with van der Waals surface area (Å²) in [5, 5.41) is 5.15. The van der Waals surface area contributed by atoms with Crippen LogP contribution in [0.5, 0.6) is 0 Å². The zero-order chi connectivity index (χ0) is 20.8. The molecule has 1 aromatic heterocycles. The fourth-order valence-corrected chi connectivity index (χ4v) is 3.68. The fourth-order valence-electron chi connectivity index (χ4n) is 2.77. The van der Waals surface area contributed by atoms with Crippen molar-refractivity contribution in [2.24, 2.45) is 0 Å². The first-order chi connectivity index (χ1) is 14.0. The van der Waals surface area contributed by atoms with Crippen LogP contribution < -0.4 is 16.2 Å². The molecular formula is C21H22N4O3S. The minimum absolute atomic E-state index is 0.168. The van der Waals surface area contributed by atoms with Crippen molar-refractivity contribution in [3.8, 4) is 0 Å². The summed E-state index contributed by atoms with van der Waals surface area (Å²) in [4.78, 5) is 41.7. The van der Waals surface area contributed by atoms with Gasteiger partial charge in [0.2, 0.25) is 5.91 Å². The number of nitrogens with one attached hydrogen (secondary N) is 2. The van der Waals surface area contributed by atoms with Crippen LogP contribution in [-0.2, 0) is 11.3 Å². The number of hydrogen-bond acceptors (Lipinski definition) is 5. The molecule has 3 aromatic rings. The van der Waals surface area contributed by atoms with Crippen molar-refractivity contribution in [1.82, 2.24) is 20.2 Å². The molecule has 0 saturated heterocycles. The highest BCUT2D eigenvalue weighted by Crippen LogP contribution is 2.23. The third kappa shape index (κ3) is 5.03. The Labute approximate surface area is 172 Å². The van der Waals surface area contributed by atoms with Gasteiger partial charge >= 0.3 is 6.03 Å². The van der Waals surface area contributed by atoms with E-state index >= 15 is 0 Å². The Morgan fingerprint density at radius 3 is 2.52 bits per heavy atom. The van der Waals surface area contributed by atoms with Gasteiger partial charge in [0.05, 0.1) is 22.7 Å². The second-order valence-corrected chi connectivity index (χ2v) is 7.71. The van der Waals surface area contributed by atoms with Crippen LogP contribution in [0, 0.1) is 0 Å². The molecule has 1 unspecified atom stereocenters. The van der Waals surface area contributed by atoms with Crippen molar-refractivity contribution in [1.29, 1.82) is 0 Å². The lowest BCUT2D eigenvalue weighted by Crippen LogP contribution is -2.42. The summed E-state index contributed by atoms with van der Waals surface area (Å²) in [5.74, 6) is -0.449. The van der Waals surface area contributed by atoms with E-state index in [0.717, 1.165) is 17.3 Å². The number of benzene rings is 2. The third-order valence-corrected chi connectivity index (χ3v) is 5.33. The molecular weight excluding hydrogens is 388 g/mol. The number of para-hydroxylation sites is 1. The largest absolute Gasteiger partial charge is 0.338 e. The van der Waals surface area contributed by atoms with Crippen molar-refractivity contribution in [2.45, 2.75) is 30.8 Å². The van der Waals surface area contributed by atoms with Crippen LogP contribution in [0.4, 0.5) is 4.79 Å². The normalized spacial score (nSPS) is 11.8. The number of carbonyl (C=O) groups is 2. The summed E-state index contributed by atoms with van der Waals surface area (Å²) >= 11 is 1.15. The second kappa shape index (κ2) is 9.38. The predicted octanol–water partition coefficient (Wildman–Crippen LogP) is 2.77. The number of carbonyl (C=O) groups excluding carboxylic acids is 2. The quantitative estimate of drug-likeness (QED) is 0.481. The van der Waals surface area contributed by atoms with Crippen LogP contribution in [0.2, 0.25) is 0 Å². The molecule has 0 saturated carbocycles. The first-order valence-corrected chi connectivity index (χ1v) is 10.2. The molecule has 0 aliphatic carbocycles. The lowest BCUT2D eigenvalue weighted by atomic mass is 10.2. The van der Waals surface area contributed by atoms with Crippen LogP contribution in [0.3, 0.4) is 0 Å². The number of urea groups is 1. The summed E-state index contributed by atoms with van der Waals surface area (Å²) in [6.45, 7) is 4.20. The molecule has 0 radical (unpaired) electrons. The number of nitrogens with zero attached hydrogens (tertiary/aromatic N) is 2. The SMILES string of the molecule is CCNC(=O)NC(=O)C(C)Sc1nc2ccccc2c(=O)n1Cc1ccccc1. The van der Waals surface area contributed by atoms with E-state index in [4.69, 9.17) is 0 Å². The van der Waals surface area contributed by atoms with E-state index in [2.05, 4.69) is 15.6 Å². The topological polar surface area (TPSA) is 93.1 Å². The molecule has 2 aromatic carbocycles. The molecule has 2 N–H and O–H groups in total. The Balaban J connectivity index is 1.95. The smallest absolute Gasteiger partial charge is 0.321 e. The maximum Gasteiger partial charge on any atom is 0.321 e. The Morgan fingerprint density at radius 2 is 1.79 bits per heavy atom. The first kappa shape index (κ1) is 20.6. The molecule has 1 atom stereocenters. The maximum atomic E-state index is 13.1. The monoisotopic (exact) mass is 410 g/mol. The van der Waals surface area contributed by atoms with Crippen molar-refractivity contribution < 1.29 is 9.59 Å². The molecule has 0 bridgehead atoms. The molecule has 8 heteroatoms. The van der Waals surface area contributed by atoms with Crippen LogP contribution in [0.15, 0.2) is 64.5 Å². The highest BCUT2D eigenvalue weighted by molar-refractivity contribution is 8.00. The highest BCUT2D eigenvalue weighted by atomic mass is 32.2. The Bertz CT molecular complexity index is 1080. The fraction of sp³-hybridized carbons (Fsp3) is 0.238. The molecule has 7 nitrogen and oxygen atoms in total. The zero-order valence-electron chi connectivity index (χ0n) is 16.2. The van der Waals surface area contributed by atoms with Gasteiger partial charge in [-0.05, 0) is 31.5 Å². The third-order valence-electron chi connectivity index (χ3n) is 4.24. The van der Waals surface area contributed by atoms with Gasteiger partial charge in [-0.3, -0.25) is 19.5 Å². The minimum atomic E-state index is -0.618. The Morgan fingerprint density at radius 1 is 1.10 bits per heavy atom. The minimum Gasteiger partial charge on any atom is -0.338 e. The van der Waals surface area contributed by atoms with Crippen LogP contribution >= 0.6 is 11.8 Å². The van der Waals surface area contributed by atoms with Gasteiger partial charge in [0.15, 0.2) is 5.16 Å². The van der Waals surface area contributed by atoms with E-state index in [0.29, 0.717) is 29.1 Å². The van der Waals surface area contributed by atoms with Crippen molar-refractivity contribution in [3.63, 3.8) is 0 Å². The number of rotatable bonds is 6. The number of imide groups is 1. The van der Waals surface area contributed by atoms with Crippen LogP contribution in [0.1, 0.15) is 19.4 Å².